The number of thiazole rings is 1. The molecule has 2 aromatic heterocycles. The third-order valence-electron chi connectivity index (χ3n) is 5.17. The third kappa shape index (κ3) is 5.61. The van der Waals surface area contributed by atoms with Crippen LogP contribution in [0.4, 0.5) is 4.39 Å². The van der Waals surface area contributed by atoms with Gasteiger partial charge in [0, 0.05) is 24.5 Å². The Morgan fingerprint density at radius 1 is 1.14 bits per heavy atom. The lowest BCUT2D eigenvalue weighted by Crippen LogP contribution is -2.31. The summed E-state index contributed by atoms with van der Waals surface area (Å²) in [4.78, 5) is 46.0. The van der Waals surface area contributed by atoms with Crippen LogP contribution in [0.25, 0.3) is 10.6 Å². The number of carbonyl (C=O) groups excluding carboxylic acids is 2. The van der Waals surface area contributed by atoms with Gasteiger partial charge >= 0.3 is 0 Å². The highest BCUT2D eigenvalue weighted by Crippen LogP contribution is 2.24. The Bertz CT molecular complexity index is 1420. The maximum Gasteiger partial charge on any atom is 0.291 e. The van der Waals surface area contributed by atoms with Crippen molar-refractivity contribution in [3.8, 4) is 16.3 Å². The molecule has 0 aliphatic rings. The highest BCUT2D eigenvalue weighted by Gasteiger charge is 2.21. The minimum atomic E-state index is -0.962. The van der Waals surface area contributed by atoms with Crippen LogP contribution in [-0.2, 0) is 13.1 Å². The van der Waals surface area contributed by atoms with Crippen molar-refractivity contribution in [2.24, 2.45) is 0 Å². The lowest BCUT2D eigenvalue weighted by molar-refractivity contribution is 0.0777. The van der Waals surface area contributed by atoms with Crippen LogP contribution in [0.5, 0.6) is 5.75 Å². The molecule has 2 amide bonds. The van der Waals surface area contributed by atoms with Gasteiger partial charge in [-0.25, -0.2) is 9.37 Å². The molecule has 0 saturated heterocycles. The maximum absolute atomic E-state index is 13.1. The van der Waals surface area contributed by atoms with Gasteiger partial charge < -0.3 is 20.3 Å². The summed E-state index contributed by atoms with van der Waals surface area (Å²) in [5, 5.41) is 15.3. The van der Waals surface area contributed by atoms with Crippen molar-refractivity contribution in [2.75, 3.05) is 7.05 Å². The second-order valence-electron chi connectivity index (χ2n) is 7.75. The van der Waals surface area contributed by atoms with Gasteiger partial charge in [-0.05, 0) is 23.8 Å². The molecular weight excluding hydrogens is 471 g/mol. The fourth-order valence-electron chi connectivity index (χ4n) is 3.33. The second kappa shape index (κ2) is 10.3. The number of carbonyl (C=O) groups is 2. The predicted molar refractivity (Wildman–Crippen MR) is 130 cm³/mol. The number of amides is 2. The van der Waals surface area contributed by atoms with Crippen LogP contribution in [0.15, 0.2) is 70.8 Å². The van der Waals surface area contributed by atoms with Crippen molar-refractivity contribution in [1.29, 1.82) is 0 Å². The fourth-order valence-corrected chi connectivity index (χ4v) is 4.15. The highest BCUT2D eigenvalue weighted by atomic mass is 32.1. The van der Waals surface area contributed by atoms with E-state index in [0.29, 0.717) is 11.3 Å². The van der Waals surface area contributed by atoms with Gasteiger partial charge in [0.05, 0.1) is 17.8 Å². The zero-order chi connectivity index (χ0) is 24.9. The SMILES string of the molecule is CN(Cc1csc(-c2ccccc2)n1)C(=O)c1cc(C(=O)NCc2ccc(F)cc2)c(O)c(=O)[nH]1. The average Bonchev–Trinajstić information content (AvgIpc) is 3.33. The van der Waals surface area contributed by atoms with Crippen molar-refractivity contribution in [3.63, 3.8) is 0 Å². The van der Waals surface area contributed by atoms with Crippen LogP contribution in [-0.4, -0.2) is 38.8 Å². The number of H-pyrrole nitrogens is 1. The molecule has 0 fully saturated rings. The van der Waals surface area contributed by atoms with Gasteiger partial charge in [-0.2, -0.15) is 0 Å². The number of aromatic nitrogens is 2. The quantitative estimate of drug-likeness (QED) is 0.365. The van der Waals surface area contributed by atoms with Crippen molar-refractivity contribution in [1.82, 2.24) is 20.2 Å². The summed E-state index contributed by atoms with van der Waals surface area (Å²) in [5.41, 5.74) is 0.808. The molecule has 4 rings (SSSR count). The molecule has 10 heteroatoms. The van der Waals surface area contributed by atoms with E-state index >= 15 is 0 Å². The zero-order valence-electron chi connectivity index (χ0n) is 18.6. The molecular formula is C25H21FN4O4S. The number of aromatic hydroxyl groups is 1. The number of aromatic amines is 1. The first kappa shape index (κ1) is 23.8. The fraction of sp³-hybridized carbons (Fsp3) is 0.120. The summed E-state index contributed by atoms with van der Waals surface area (Å²) in [6.07, 6.45) is 0. The predicted octanol–water partition coefficient (Wildman–Crippen LogP) is 3.55. The monoisotopic (exact) mass is 492 g/mol. The van der Waals surface area contributed by atoms with Gasteiger partial charge in [-0.15, -0.1) is 11.3 Å². The first-order chi connectivity index (χ1) is 16.8. The Morgan fingerprint density at radius 2 is 1.86 bits per heavy atom. The molecule has 0 atom stereocenters. The largest absolute Gasteiger partial charge is 0.502 e. The van der Waals surface area contributed by atoms with E-state index in [1.54, 1.807) is 7.05 Å². The normalized spacial score (nSPS) is 10.7. The van der Waals surface area contributed by atoms with Crippen molar-refractivity contribution in [2.45, 2.75) is 13.1 Å². The summed E-state index contributed by atoms with van der Waals surface area (Å²) >= 11 is 1.45. The van der Waals surface area contributed by atoms with Gasteiger partial charge in [-0.3, -0.25) is 14.4 Å². The maximum atomic E-state index is 13.1. The summed E-state index contributed by atoms with van der Waals surface area (Å²) < 4.78 is 13.1. The number of halogens is 1. The van der Waals surface area contributed by atoms with Crippen LogP contribution in [0.2, 0.25) is 0 Å². The van der Waals surface area contributed by atoms with Gasteiger partial charge in [0.15, 0.2) is 5.75 Å². The Hall–Kier alpha value is -4.31. The van der Waals surface area contributed by atoms with Crippen LogP contribution in [0, 0.1) is 5.82 Å². The van der Waals surface area contributed by atoms with E-state index in [1.807, 2.05) is 35.7 Å². The molecule has 178 valence electrons. The van der Waals surface area contributed by atoms with Gasteiger partial charge in [0.25, 0.3) is 17.4 Å². The van der Waals surface area contributed by atoms with Gasteiger partial charge in [0.2, 0.25) is 0 Å². The van der Waals surface area contributed by atoms with Gasteiger partial charge in [0.1, 0.15) is 16.5 Å². The number of hydrogen-bond donors (Lipinski definition) is 3. The Labute approximate surface area is 203 Å². The van der Waals surface area contributed by atoms with Crippen molar-refractivity contribution < 1.29 is 19.1 Å². The van der Waals surface area contributed by atoms with Crippen LogP contribution >= 0.6 is 11.3 Å². The lowest BCUT2D eigenvalue weighted by atomic mass is 10.1. The van der Waals surface area contributed by atoms with E-state index in [2.05, 4.69) is 15.3 Å². The molecule has 3 N–H and O–H groups in total. The topological polar surface area (TPSA) is 115 Å². The van der Waals surface area contributed by atoms with E-state index in [0.717, 1.165) is 16.6 Å². The molecule has 0 bridgehead atoms. The third-order valence-corrected chi connectivity index (χ3v) is 6.11. The number of hydrogen-bond acceptors (Lipinski definition) is 6. The van der Waals surface area contributed by atoms with Crippen molar-refractivity contribution in [3.05, 3.63) is 105 Å². The molecule has 8 nitrogen and oxygen atoms in total. The van der Waals surface area contributed by atoms with E-state index in [4.69, 9.17) is 0 Å². The molecule has 0 saturated carbocycles. The summed E-state index contributed by atoms with van der Waals surface area (Å²) in [6, 6.07) is 16.3. The minimum absolute atomic E-state index is 0.0438. The number of rotatable bonds is 7. The smallest absolute Gasteiger partial charge is 0.291 e. The zero-order valence-corrected chi connectivity index (χ0v) is 19.4. The number of pyridine rings is 1. The number of nitrogens with zero attached hydrogens (tertiary/aromatic N) is 2. The molecule has 35 heavy (non-hydrogen) atoms. The van der Waals surface area contributed by atoms with Crippen LogP contribution in [0.1, 0.15) is 32.1 Å². The standard InChI is InChI=1S/C25H21FN4O4S/c1-30(13-18-14-35-24(28-18)16-5-3-2-4-6-16)25(34)20-11-19(21(31)23(33)29-20)22(32)27-12-15-7-9-17(26)10-8-15/h2-11,14,31H,12-13H2,1H3,(H,27,32)(H,29,33). The lowest BCUT2D eigenvalue weighted by Gasteiger charge is -2.16. The van der Waals surface area contributed by atoms with E-state index < -0.39 is 28.9 Å². The summed E-state index contributed by atoms with van der Waals surface area (Å²) in [7, 11) is 1.54. The van der Waals surface area contributed by atoms with E-state index in [1.165, 1.54) is 40.5 Å². The summed E-state index contributed by atoms with van der Waals surface area (Å²) in [5.74, 6) is -2.51. The Kier molecular flexibility index (Phi) is 7.02. The second-order valence-corrected chi connectivity index (χ2v) is 8.61. The molecule has 0 radical (unpaired) electrons. The highest BCUT2D eigenvalue weighted by molar-refractivity contribution is 7.13. The Balaban J connectivity index is 1.47. The first-order valence-electron chi connectivity index (χ1n) is 10.6. The molecule has 0 aliphatic carbocycles. The summed E-state index contributed by atoms with van der Waals surface area (Å²) in [6.45, 7) is 0.222. The molecule has 2 heterocycles. The number of benzene rings is 2. The van der Waals surface area contributed by atoms with E-state index in [-0.39, 0.29) is 24.3 Å². The molecule has 0 unspecified atom stereocenters. The molecule has 2 aromatic carbocycles. The Morgan fingerprint density at radius 3 is 2.57 bits per heavy atom. The molecule has 4 aromatic rings. The van der Waals surface area contributed by atoms with Crippen molar-refractivity contribution >= 4 is 23.2 Å². The van der Waals surface area contributed by atoms with Crippen LogP contribution in [0.3, 0.4) is 0 Å². The van der Waals surface area contributed by atoms with Crippen LogP contribution < -0.4 is 10.9 Å². The van der Waals surface area contributed by atoms with E-state index in [9.17, 15) is 23.9 Å². The first-order valence-corrected chi connectivity index (χ1v) is 11.4. The average molecular weight is 493 g/mol. The van der Waals surface area contributed by atoms with Gasteiger partial charge in [-0.1, -0.05) is 42.5 Å². The number of nitrogens with one attached hydrogen (secondary N) is 2. The molecule has 0 spiro atoms. The minimum Gasteiger partial charge on any atom is -0.502 e. The molecule has 0 aliphatic heterocycles.